The number of hydrogen-bond donors (Lipinski definition) is 2. The number of para-hydroxylation sites is 1. The number of nitrogens with one attached hydrogen (secondary N) is 1. The van der Waals surface area contributed by atoms with Gasteiger partial charge in [-0.25, -0.2) is 4.68 Å². The quantitative estimate of drug-likeness (QED) is 0.774. The van der Waals surface area contributed by atoms with E-state index in [1.54, 1.807) is 0 Å². The number of hydrogen-bond acceptors (Lipinski definition) is 4. The standard InChI is InChI=1S/C19H27N5O.ClH/c20-10-9-19(25)21-13-18-8-4-5-11-23(18)14-16-12-22-24(15-16)17-6-2-1-3-7-17;/h1-3,6-7,12,15,18H,4-5,8-11,13-14,20H2,(H,21,25);1H. The van der Waals surface area contributed by atoms with Crippen molar-refractivity contribution in [3.05, 3.63) is 48.3 Å². The lowest BCUT2D eigenvalue weighted by atomic mass is 10.0. The molecule has 1 fully saturated rings. The third kappa shape index (κ3) is 5.56. The van der Waals surface area contributed by atoms with Crippen molar-refractivity contribution in [2.75, 3.05) is 19.6 Å². The summed E-state index contributed by atoms with van der Waals surface area (Å²) < 4.78 is 1.91. The van der Waals surface area contributed by atoms with Gasteiger partial charge in [-0.3, -0.25) is 9.69 Å². The van der Waals surface area contributed by atoms with Gasteiger partial charge in [-0.1, -0.05) is 24.6 Å². The number of carbonyl (C=O) groups excluding carboxylic acids is 1. The molecular weight excluding hydrogens is 350 g/mol. The van der Waals surface area contributed by atoms with Gasteiger partial charge in [0.2, 0.25) is 5.91 Å². The van der Waals surface area contributed by atoms with Gasteiger partial charge in [0.15, 0.2) is 0 Å². The van der Waals surface area contributed by atoms with Crippen LogP contribution in [0.1, 0.15) is 31.2 Å². The van der Waals surface area contributed by atoms with Crippen LogP contribution in [0.5, 0.6) is 0 Å². The van der Waals surface area contributed by atoms with Crippen molar-refractivity contribution in [3.8, 4) is 5.69 Å². The summed E-state index contributed by atoms with van der Waals surface area (Å²) in [6.07, 6.45) is 7.98. The molecule has 1 saturated heterocycles. The molecule has 6 nitrogen and oxygen atoms in total. The van der Waals surface area contributed by atoms with Gasteiger partial charge in [0.25, 0.3) is 0 Å². The Balaban J connectivity index is 0.00000243. The number of nitrogens with zero attached hydrogens (tertiary/aromatic N) is 3. The lowest BCUT2D eigenvalue weighted by Gasteiger charge is -2.35. The van der Waals surface area contributed by atoms with Crippen LogP contribution in [0.15, 0.2) is 42.7 Å². The third-order valence-corrected chi connectivity index (χ3v) is 4.70. The van der Waals surface area contributed by atoms with Crippen molar-refractivity contribution < 1.29 is 4.79 Å². The van der Waals surface area contributed by atoms with E-state index in [9.17, 15) is 4.79 Å². The van der Waals surface area contributed by atoms with E-state index >= 15 is 0 Å². The summed E-state index contributed by atoms with van der Waals surface area (Å²) in [6.45, 7) is 3.03. The van der Waals surface area contributed by atoms with Crippen molar-refractivity contribution in [3.63, 3.8) is 0 Å². The first kappa shape index (κ1) is 20.4. The molecule has 1 unspecified atom stereocenters. The second kappa shape index (κ2) is 10.3. The number of halogens is 1. The van der Waals surface area contributed by atoms with Crippen LogP contribution in [0.3, 0.4) is 0 Å². The highest BCUT2D eigenvalue weighted by atomic mass is 35.5. The van der Waals surface area contributed by atoms with Crippen molar-refractivity contribution in [2.45, 2.75) is 38.3 Å². The van der Waals surface area contributed by atoms with Crippen LogP contribution in [-0.4, -0.2) is 46.3 Å². The number of amides is 1. The molecule has 0 radical (unpaired) electrons. The molecule has 1 aromatic heterocycles. The van der Waals surface area contributed by atoms with E-state index in [0.717, 1.165) is 25.2 Å². The van der Waals surface area contributed by atoms with Gasteiger partial charge in [-0.05, 0) is 31.5 Å². The average molecular weight is 378 g/mol. The fourth-order valence-electron chi connectivity index (χ4n) is 3.35. The number of likely N-dealkylation sites (tertiary alicyclic amines) is 1. The minimum Gasteiger partial charge on any atom is -0.354 e. The molecule has 142 valence electrons. The number of aromatic nitrogens is 2. The molecule has 1 amide bonds. The largest absolute Gasteiger partial charge is 0.354 e. The number of rotatable bonds is 7. The molecule has 1 aromatic carbocycles. The highest BCUT2D eigenvalue weighted by molar-refractivity contribution is 5.85. The lowest BCUT2D eigenvalue weighted by molar-refractivity contribution is -0.121. The Labute approximate surface area is 161 Å². The van der Waals surface area contributed by atoms with E-state index in [4.69, 9.17) is 5.73 Å². The third-order valence-electron chi connectivity index (χ3n) is 4.70. The first-order valence-electron chi connectivity index (χ1n) is 9.06. The van der Waals surface area contributed by atoms with E-state index in [-0.39, 0.29) is 18.3 Å². The predicted molar refractivity (Wildman–Crippen MR) is 106 cm³/mol. The molecule has 0 spiro atoms. The van der Waals surface area contributed by atoms with Crippen molar-refractivity contribution in [1.82, 2.24) is 20.0 Å². The maximum atomic E-state index is 11.7. The molecule has 1 aliphatic heterocycles. The van der Waals surface area contributed by atoms with Crippen molar-refractivity contribution in [2.24, 2.45) is 5.73 Å². The highest BCUT2D eigenvalue weighted by Crippen LogP contribution is 2.19. The Kier molecular flexibility index (Phi) is 8.09. The van der Waals surface area contributed by atoms with Gasteiger partial charge < -0.3 is 11.1 Å². The summed E-state index contributed by atoms with van der Waals surface area (Å²) in [6, 6.07) is 10.5. The van der Waals surface area contributed by atoms with E-state index < -0.39 is 0 Å². The SMILES string of the molecule is Cl.NCCC(=O)NCC1CCCCN1Cc1cnn(-c2ccccc2)c1. The van der Waals surface area contributed by atoms with Gasteiger partial charge in [-0.2, -0.15) is 5.10 Å². The molecule has 0 aliphatic carbocycles. The van der Waals surface area contributed by atoms with Gasteiger partial charge in [0.1, 0.15) is 0 Å². The molecule has 7 heteroatoms. The maximum Gasteiger partial charge on any atom is 0.221 e. The molecule has 2 heterocycles. The van der Waals surface area contributed by atoms with E-state index in [2.05, 4.69) is 21.5 Å². The van der Waals surface area contributed by atoms with E-state index in [1.807, 2.05) is 41.2 Å². The topological polar surface area (TPSA) is 76.2 Å². The zero-order chi connectivity index (χ0) is 17.5. The van der Waals surface area contributed by atoms with Crippen molar-refractivity contribution in [1.29, 1.82) is 0 Å². The molecule has 1 atom stereocenters. The van der Waals surface area contributed by atoms with E-state index in [0.29, 0.717) is 25.6 Å². The summed E-state index contributed by atoms with van der Waals surface area (Å²) >= 11 is 0. The molecule has 3 N–H and O–H groups in total. The fraction of sp³-hybridized carbons (Fsp3) is 0.474. The molecular formula is C19H28ClN5O. The van der Waals surface area contributed by atoms with E-state index in [1.165, 1.54) is 18.4 Å². The van der Waals surface area contributed by atoms with Crippen LogP contribution in [-0.2, 0) is 11.3 Å². The molecule has 0 bridgehead atoms. The predicted octanol–water partition coefficient (Wildman–Crippen LogP) is 2.11. The minimum atomic E-state index is 0. The Hall–Kier alpha value is -1.89. The Morgan fingerprint density at radius 3 is 2.85 bits per heavy atom. The normalized spacial score (nSPS) is 17.5. The van der Waals surface area contributed by atoms with Crippen LogP contribution in [0.2, 0.25) is 0 Å². The summed E-state index contributed by atoms with van der Waals surface area (Å²) in [4.78, 5) is 14.1. The number of piperidine rings is 1. The maximum absolute atomic E-state index is 11.7. The zero-order valence-electron chi connectivity index (χ0n) is 15.0. The van der Waals surface area contributed by atoms with Gasteiger partial charge in [0, 0.05) is 43.9 Å². The number of nitrogens with two attached hydrogens (primary N) is 1. The first-order valence-corrected chi connectivity index (χ1v) is 9.06. The molecule has 1 aliphatic rings. The van der Waals surface area contributed by atoms with Gasteiger partial charge >= 0.3 is 0 Å². The molecule has 26 heavy (non-hydrogen) atoms. The summed E-state index contributed by atoms with van der Waals surface area (Å²) in [7, 11) is 0. The lowest BCUT2D eigenvalue weighted by Crippen LogP contribution is -2.46. The number of benzene rings is 1. The highest BCUT2D eigenvalue weighted by Gasteiger charge is 2.23. The summed E-state index contributed by atoms with van der Waals surface area (Å²) in [5.41, 5.74) is 7.70. The Bertz CT molecular complexity index is 676. The van der Waals surface area contributed by atoms with Crippen molar-refractivity contribution >= 4 is 18.3 Å². The van der Waals surface area contributed by atoms with Gasteiger partial charge in [-0.15, -0.1) is 12.4 Å². The summed E-state index contributed by atoms with van der Waals surface area (Å²) in [5.74, 6) is 0.0462. The smallest absolute Gasteiger partial charge is 0.221 e. The summed E-state index contributed by atoms with van der Waals surface area (Å²) in [5, 5.41) is 7.50. The number of carbonyl (C=O) groups is 1. The monoisotopic (exact) mass is 377 g/mol. The molecule has 0 saturated carbocycles. The average Bonchev–Trinajstić information content (AvgIpc) is 3.11. The van der Waals surface area contributed by atoms with Crippen LogP contribution in [0.25, 0.3) is 5.69 Å². The molecule has 3 rings (SSSR count). The van der Waals surface area contributed by atoms with Crippen LogP contribution < -0.4 is 11.1 Å². The second-order valence-corrected chi connectivity index (χ2v) is 6.59. The Morgan fingerprint density at radius 1 is 1.27 bits per heavy atom. The van der Waals surface area contributed by atoms with Gasteiger partial charge in [0.05, 0.1) is 11.9 Å². The van der Waals surface area contributed by atoms with Crippen LogP contribution in [0.4, 0.5) is 0 Å². The first-order chi connectivity index (χ1) is 12.3. The fourth-order valence-corrected chi connectivity index (χ4v) is 3.35. The van der Waals surface area contributed by atoms with Crippen LogP contribution in [0, 0.1) is 0 Å². The minimum absolute atomic E-state index is 0. The second-order valence-electron chi connectivity index (χ2n) is 6.59. The zero-order valence-corrected chi connectivity index (χ0v) is 15.8. The Morgan fingerprint density at radius 2 is 2.08 bits per heavy atom. The van der Waals surface area contributed by atoms with Crippen LogP contribution >= 0.6 is 12.4 Å². The molecule has 2 aromatic rings.